The van der Waals surface area contributed by atoms with Crippen molar-refractivity contribution in [3.8, 4) is 0 Å². The Bertz CT molecular complexity index is 691. The molecule has 1 aliphatic carbocycles. The summed E-state index contributed by atoms with van der Waals surface area (Å²) in [6.07, 6.45) is 2.07. The van der Waals surface area contributed by atoms with Crippen LogP contribution in [0, 0.1) is 0 Å². The number of nitrogens with zero attached hydrogens (tertiary/aromatic N) is 1. The van der Waals surface area contributed by atoms with Gasteiger partial charge >= 0.3 is 0 Å². The summed E-state index contributed by atoms with van der Waals surface area (Å²) in [5, 5.41) is 1.23. The molecule has 0 fully saturated rings. The predicted molar refractivity (Wildman–Crippen MR) is 91.1 cm³/mol. The van der Waals surface area contributed by atoms with Gasteiger partial charge in [-0.15, -0.1) is 0 Å². The average Bonchev–Trinajstić information content (AvgIpc) is 2.51. The molecule has 1 nitrogen and oxygen atoms in total. The third-order valence-corrected chi connectivity index (χ3v) is 4.75. The number of hydrogen-bond donors (Lipinski definition) is 0. The Morgan fingerprint density at radius 3 is 2.67 bits per heavy atom. The van der Waals surface area contributed by atoms with Crippen molar-refractivity contribution in [2.75, 3.05) is 6.54 Å². The highest BCUT2D eigenvalue weighted by Crippen LogP contribution is 2.38. The molecule has 0 amide bonds. The fourth-order valence-electron chi connectivity index (χ4n) is 3.07. The Kier molecular flexibility index (Phi) is 4.32. The molecule has 0 radical (unpaired) electrons. The third kappa shape index (κ3) is 2.86. The van der Waals surface area contributed by atoms with Gasteiger partial charge in [0.2, 0.25) is 0 Å². The fraction of sp³-hybridized carbons (Fsp3) is 0.278. The van der Waals surface area contributed by atoms with Crippen molar-refractivity contribution in [3.05, 3.63) is 69.2 Å². The van der Waals surface area contributed by atoms with Gasteiger partial charge < -0.3 is 0 Å². The van der Waals surface area contributed by atoms with Gasteiger partial charge in [-0.2, -0.15) is 0 Å². The Morgan fingerprint density at radius 1 is 1.10 bits per heavy atom. The van der Waals surface area contributed by atoms with Gasteiger partial charge in [0, 0.05) is 18.2 Å². The smallest absolute Gasteiger partial charge is 0.0595 e. The standard InChI is InChI=1S/C18H17Cl2N/c1-2-21-18-10-8-13(14-5-3-4-6-15(14)18)12-7-9-16(19)17(20)11-12/h3-7,9,11,13H,2,8,10H2,1H3. The molecule has 0 aromatic heterocycles. The van der Waals surface area contributed by atoms with Crippen LogP contribution in [0.25, 0.3) is 0 Å². The summed E-state index contributed by atoms with van der Waals surface area (Å²) < 4.78 is 0. The Labute approximate surface area is 135 Å². The third-order valence-electron chi connectivity index (χ3n) is 4.01. The molecule has 0 bridgehead atoms. The average molecular weight is 318 g/mol. The molecule has 2 aromatic rings. The minimum Gasteiger partial charge on any atom is -0.289 e. The molecule has 21 heavy (non-hydrogen) atoms. The SMILES string of the molecule is CCN=C1CCC(c2ccc(Cl)c(Cl)c2)c2ccccc21. The van der Waals surface area contributed by atoms with Crippen LogP contribution in [0.2, 0.25) is 10.0 Å². The molecule has 1 aliphatic rings. The second kappa shape index (κ2) is 6.21. The van der Waals surface area contributed by atoms with Crippen molar-refractivity contribution in [1.82, 2.24) is 0 Å². The predicted octanol–water partition coefficient (Wildman–Crippen LogP) is 5.73. The molecule has 0 saturated heterocycles. The molecule has 0 saturated carbocycles. The summed E-state index contributed by atoms with van der Waals surface area (Å²) in [5.74, 6) is 0.367. The normalized spacial score (nSPS) is 19.6. The first kappa shape index (κ1) is 14.6. The highest BCUT2D eigenvalue weighted by atomic mass is 35.5. The van der Waals surface area contributed by atoms with E-state index in [-0.39, 0.29) is 0 Å². The maximum atomic E-state index is 6.18. The largest absolute Gasteiger partial charge is 0.289 e. The zero-order valence-electron chi connectivity index (χ0n) is 11.9. The van der Waals surface area contributed by atoms with Gasteiger partial charge in [0.15, 0.2) is 0 Å². The van der Waals surface area contributed by atoms with Crippen LogP contribution in [0.15, 0.2) is 47.5 Å². The summed E-state index contributed by atoms with van der Waals surface area (Å²) >= 11 is 12.2. The lowest BCUT2D eigenvalue weighted by Crippen LogP contribution is -2.17. The van der Waals surface area contributed by atoms with E-state index in [2.05, 4.69) is 42.2 Å². The highest BCUT2D eigenvalue weighted by Gasteiger charge is 2.25. The molecule has 2 aromatic carbocycles. The number of aliphatic imine (C=N–C) groups is 1. The molecule has 3 rings (SSSR count). The van der Waals surface area contributed by atoms with Gasteiger partial charge in [0.25, 0.3) is 0 Å². The second-order valence-electron chi connectivity index (χ2n) is 5.27. The van der Waals surface area contributed by atoms with Crippen LogP contribution in [-0.2, 0) is 0 Å². The van der Waals surface area contributed by atoms with E-state index < -0.39 is 0 Å². The Morgan fingerprint density at radius 2 is 1.90 bits per heavy atom. The van der Waals surface area contributed by atoms with Gasteiger partial charge in [-0.25, -0.2) is 0 Å². The van der Waals surface area contributed by atoms with E-state index in [1.165, 1.54) is 22.4 Å². The van der Waals surface area contributed by atoms with E-state index in [4.69, 9.17) is 23.2 Å². The lowest BCUT2D eigenvalue weighted by molar-refractivity contribution is 0.721. The summed E-state index contributed by atoms with van der Waals surface area (Å²) in [6.45, 7) is 2.92. The molecule has 0 N–H and O–H groups in total. The minimum absolute atomic E-state index is 0.367. The molecule has 108 valence electrons. The first-order valence-electron chi connectivity index (χ1n) is 7.28. The van der Waals surface area contributed by atoms with E-state index in [0.29, 0.717) is 16.0 Å². The zero-order chi connectivity index (χ0) is 14.8. The maximum Gasteiger partial charge on any atom is 0.0595 e. The number of fused-ring (bicyclic) bond motifs is 1. The maximum absolute atomic E-state index is 6.18. The minimum atomic E-state index is 0.367. The molecule has 1 unspecified atom stereocenters. The van der Waals surface area contributed by atoms with Gasteiger partial charge in [-0.3, -0.25) is 4.99 Å². The zero-order valence-corrected chi connectivity index (χ0v) is 13.5. The van der Waals surface area contributed by atoms with Crippen LogP contribution in [0.3, 0.4) is 0 Å². The van der Waals surface area contributed by atoms with E-state index in [1.54, 1.807) is 0 Å². The second-order valence-corrected chi connectivity index (χ2v) is 6.09. The van der Waals surface area contributed by atoms with E-state index in [9.17, 15) is 0 Å². The van der Waals surface area contributed by atoms with Crippen LogP contribution in [-0.4, -0.2) is 12.3 Å². The van der Waals surface area contributed by atoms with Crippen LogP contribution in [0.4, 0.5) is 0 Å². The van der Waals surface area contributed by atoms with Crippen LogP contribution in [0.5, 0.6) is 0 Å². The molecular formula is C18H17Cl2N. The number of hydrogen-bond acceptors (Lipinski definition) is 1. The van der Waals surface area contributed by atoms with Gasteiger partial charge in [0.1, 0.15) is 0 Å². The first-order valence-corrected chi connectivity index (χ1v) is 8.04. The molecule has 0 aliphatic heterocycles. The van der Waals surface area contributed by atoms with Crippen molar-refractivity contribution < 1.29 is 0 Å². The van der Waals surface area contributed by atoms with Crippen LogP contribution >= 0.6 is 23.2 Å². The van der Waals surface area contributed by atoms with Gasteiger partial charge in [-0.1, -0.05) is 53.5 Å². The van der Waals surface area contributed by atoms with Crippen LogP contribution in [0.1, 0.15) is 42.4 Å². The molecule has 1 atom stereocenters. The summed E-state index contributed by atoms with van der Waals surface area (Å²) in [5.41, 5.74) is 5.08. The van der Waals surface area contributed by atoms with Crippen molar-refractivity contribution in [2.24, 2.45) is 4.99 Å². The monoisotopic (exact) mass is 317 g/mol. The number of benzene rings is 2. The lowest BCUT2D eigenvalue weighted by Gasteiger charge is -2.27. The molecule has 0 heterocycles. The van der Waals surface area contributed by atoms with Gasteiger partial charge in [-0.05, 0) is 48.6 Å². The lowest BCUT2D eigenvalue weighted by atomic mass is 9.78. The Hall–Kier alpha value is -1.31. The van der Waals surface area contributed by atoms with E-state index in [0.717, 1.165) is 19.4 Å². The summed E-state index contributed by atoms with van der Waals surface area (Å²) in [6, 6.07) is 14.5. The van der Waals surface area contributed by atoms with Crippen molar-refractivity contribution in [3.63, 3.8) is 0 Å². The van der Waals surface area contributed by atoms with E-state index >= 15 is 0 Å². The topological polar surface area (TPSA) is 12.4 Å². The van der Waals surface area contributed by atoms with Crippen molar-refractivity contribution in [1.29, 1.82) is 0 Å². The number of halogens is 2. The molecular weight excluding hydrogens is 301 g/mol. The van der Waals surface area contributed by atoms with Gasteiger partial charge in [0.05, 0.1) is 10.0 Å². The van der Waals surface area contributed by atoms with Crippen LogP contribution < -0.4 is 0 Å². The van der Waals surface area contributed by atoms with Crippen molar-refractivity contribution >= 4 is 28.9 Å². The molecule has 0 spiro atoms. The summed E-state index contributed by atoms with van der Waals surface area (Å²) in [4.78, 5) is 4.65. The first-order chi connectivity index (χ1) is 10.2. The highest BCUT2D eigenvalue weighted by molar-refractivity contribution is 6.42. The molecule has 3 heteroatoms. The van der Waals surface area contributed by atoms with E-state index in [1.807, 2.05) is 12.1 Å². The van der Waals surface area contributed by atoms with Crippen molar-refractivity contribution in [2.45, 2.75) is 25.7 Å². The Balaban J connectivity index is 2.07. The fourth-order valence-corrected chi connectivity index (χ4v) is 3.37. The summed E-state index contributed by atoms with van der Waals surface area (Å²) in [7, 11) is 0. The number of rotatable bonds is 2. The quantitative estimate of drug-likeness (QED) is 0.671.